The lowest BCUT2D eigenvalue weighted by atomic mass is 10.2. The highest BCUT2D eigenvalue weighted by atomic mass is 35.5. The number of hydrogen-bond donors (Lipinski definition) is 2. The van der Waals surface area contributed by atoms with Crippen molar-refractivity contribution < 1.29 is 14.6 Å². The van der Waals surface area contributed by atoms with E-state index in [1.54, 1.807) is 42.5 Å². The first-order valence-corrected chi connectivity index (χ1v) is 6.92. The normalized spacial score (nSPS) is 10.2. The summed E-state index contributed by atoms with van der Waals surface area (Å²) in [7, 11) is 0. The molecule has 0 saturated carbocycles. The zero-order chi connectivity index (χ0) is 15.2. The molecular weight excluding hydrogens is 313 g/mol. The molecule has 2 aromatic rings. The van der Waals surface area contributed by atoms with Gasteiger partial charge in [-0.05, 0) is 30.3 Å². The zero-order valence-corrected chi connectivity index (χ0v) is 12.5. The lowest BCUT2D eigenvalue weighted by molar-refractivity contribution is -0.118. The molecule has 0 aliphatic heterocycles. The molecule has 2 aromatic carbocycles. The summed E-state index contributed by atoms with van der Waals surface area (Å²) in [4.78, 5) is 11.8. The second kappa shape index (κ2) is 7.31. The van der Waals surface area contributed by atoms with Gasteiger partial charge in [-0.3, -0.25) is 4.79 Å². The maximum Gasteiger partial charge on any atom is 0.262 e. The van der Waals surface area contributed by atoms with E-state index < -0.39 is 0 Å². The molecule has 6 heteroatoms. The van der Waals surface area contributed by atoms with Crippen LogP contribution in [0.25, 0.3) is 0 Å². The first kappa shape index (κ1) is 15.6. The highest BCUT2D eigenvalue weighted by molar-refractivity contribution is 6.32. The summed E-state index contributed by atoms with van der Waals surface area (Å²) in [5.41, 5.74) is 1.15. The van der Waals surface area contributed by atoms with Crippen LogP contribution in [-0.4, -0.2) is 17.6 Å². The summed E-state index contributed by atoms with van der Waals surface area (Å²) < 4.78 is 5.39. The summed E-state index contributed by atoms with van der Waals surface area (Å²) in [5, 5.41) is 12.8. The number of nitrogens with one attached hydrogen (secondary N) is 1. The van der Waals surface area contributed by atoms with Gasteiger partial charge in [0.15, 0.2) is 6.61 Å². The van der Waals surface area contributed by atoms with Gasteiger partial charge in [0, 0.05) is 16.3 Å². The predicted octanol–water partition coefficient (Wildman–Crippen LogP) is 3.50. The summed E-state index contributed by atoms with van der Waals surface area (Å²) in [6, 6.07) is 11.7. The van der Waals surface area contributed by atoms with Crippen molar-refractivity contribution in [2.45, 2.75) is 6.61 Å². The molecule has 4 nitrogen and oxygen atoms in total. The van der Waals surface area contributed by atoms with Crippen molar-refractivity contribution in [3.05, 3.63) is 58.1 Å². The summed E-state index contributed by atoms with van der Waals surface area (Å²) >= 11 is 11.8. The number of carbonyl (C=O) groups is 1. The molecule has 1 amide bonds. The van der Waals surface area contributed by atoms with Crippen molar-refractivity contribution in [3.63, 3.8) is 0 Å². The Labute approximate surface area is 132 Å². The highest BCUT2D eigenvalue weighted by Crippen LogP contribution is 2.28. The number of rotatable bonds is 5. The molecule has 2 rings (SSSR count). The monoisotopic (exact) mass is 325 g/mol. The fraction of sp³-hybridized carbons (Fsp3) is 0.133. The lowest BCUT2D eigenvalue weighted by Crippen LogP contribution is -2.20. The number of carbonyl (C=O) groups excluding carboxylic acids is 1. The Morgan fingerprint density at radius 1 is 1.14 bits per heavy atom. The summed E-state index contributed by atoms with van der Waals surface area (Å²) in [6.07, 6.45) is 0. The molecule has 0 fully saturated rings. The first-order chi connectivity index (χ1) is 10.1. The molecular formula is C15H13Cl2NO3. The SMILES string of the molecule is O=C(COc1c(Cl)cccc1CO)Nc1ccc(Cl)cc1. The van der Waals surface area contributed by atoms with E-state index in [9.17, 15) is 9.90 Å². The Hall–Kier alpha value is -1.75. The largest absolute Gasteiger partial charge is 0.482 e. The number of benzene rings is 2. The van der Waals surface area contributed by atoms with Gasteiger partial charge in [0.25, 0.3) is 5.91 Å². The van der Waals surface area contributed by atoms with E-state index in [4.69, 9.17) is 27.9 Å². The third-order valence-electron chi connectivity index (χ3n) is 2.69. The Morgan fingerprint density at radius 2 is 1.86 bits per heavy atom. The Balaban J connectivity index is 1.97. The minimum atomic E-state index is -0.332. The molecule has 0 radical (unpaired) electrons. The third kappa shape index (κ3) is 4.36. The Kier molecular flexibility index (Phi) is 5.44. The third-order valence-corrected chi connectivity index (χ3v) is 3.24. The van der Waals surface area contributed by atoms with Gasteiger partial charge in [-0.1, -0.05) is 35.3 Å². The van der Waals surface area contributed by atoms with Crippen LogP contribution in [0.4, 0.5) is 5.69 Å². The molecule has 0 unspecified atom stereocenters. The van der Waals surface area contributed by atoms with E-state index in [0.29, 0.717) is 27.0 Å². The van der Waals surface area contributed by atoms with Crippen LogP contribution in [0.2, 0.25) is 10.0 Å². The van der Waals surface area contributed by atoms with Gasteiger partial charge in [0.05, 0.1) is 11.6 Å². The van der Waals surface area contributed by atoms with E-state index in [1.807, 2.05) is 0 Å². The second-order valence-electron chi connectivity index (χ2n) is 4.23. The number of ether oxygens (including phenoxy) is 1. The van der Waals surface area contributed by atoms with E-state index >= 15 is 0 Å². The maximum atomic E-state index is 11.8. The zero-order valence-electron chi connectivity index (χ0n) is 11.0. The van der Waals surface area contributed by atoms with E-state index in [1.165, 1.54) is 0 Å². The van der Waals surface area contributed by atoms with Gasteiger partial charge in [-0.2, -0.15) is 0 Å². The quantitative estimate of drug-likeness (QED) is 0.884. The average Bonchev–Trinajstić information content (AvgIpc) is 2.48. The molecule has 0 saturated heterocycles. The van der Waals surface area contributed by atoms with Crippen LogP contribution in [0.3, 0.4) is 0 Å². The fourth-order valence-corrected chi connectivity index (χ4v) is 2.08. The van der Waals surface area contributed by atoms with Crippen molar-refractivity contribution in [1.82, 2.24) is 0 Å². The number of halogens is 2. The molecule has 0 aliphatic rings. The maximum absolute atomic E-state index is 11.8. The van der Waals surface area contributed by atoms with Crippen LogP contribution in [-0.2, 0) is 11.4 Å². The van der Waals surface area contributed by atoms with Crippen LogP contribution in [0, 0.1) is 0 Å². The van der Waals surface area contributed by atoms with Gasteiger partial charge in [-0.15, -0.1) is 0 Å². The molecule has 2 N–H and O–H groups in total. The highest BCUT2D eigenvalue weighted by Gasteiger charge is 2.10. The molecule has 0 aromatic heterocycles. The van der Waals surface area contributed by atoms with Gasteiger partial charge < -0.3 is 15.2 Å². The van der Waals surface area contributed by atoms with Gasteiger partial charge in [0.2, 0.25) is 0 Å². The molecule has 0 heterocycles. The van der Waals surface area contributed by atoms with Crippen LogP contribution in [0.15, 0.2) is 42.5 Å². The standard InChI is InChI=1S/C15H13Cl2NO3/c16-11-4-6-12(7-5-11)18-14(20)9-21-15-10(8-19)2-1-3-13(15)17/h1-7,19H,8-9H2,(H,18,20). The minimum Gasteiger partial charge on any atom is -0.482 e. The molecule has 0 aliphatic carbocycles. The molecule has 0 bridgehead atoms. The van der Waals surface area contributed by atoms with Crippen LogP contribution >= 0.6 is 23.2 Å². The van der Waals surface area contributed by atoms with Crippen molar-refractivity contribution in [1.29, 1.82) is 0 Å². The fourth-order valence-electron chi connectivity index (χ4n) is 1.71. The van der Waals surface area contributed by atoms with E-state index in [-0.39, 0.29) is 19.1 Å². The van der Waals surface area contributed by atoms with Crippen LogP contribution in [0.5, 0.6) is 5.75 Å². The van der Waals surface area contributed by atoms with E-state index in [0.717, 1.165) is 0 Å². The van der Waals surface area contributed by atoms with Crippen molar-refractivity contribution >= 4 is 34.8 Å². The Bertz CT molecular complexity index is 629. The number of anilines is 1. The van der Waals surface area contributed by atoms with Gasteiger partial charge in [-0.25, -0.2) is 0 Å². The number of aliphatic hydroxyl groups excluding tert-OH is 1. The number of amides is 1. The average molecular weight is 326 g/mol. The van der Waals surface area contributed by atoms with Gasteiger partial charge >= 0.3 is 0 Å². The Morgan fingerprint density at radius 3 is 2.52 bits per heavy atom. The molecule has 21 heavy (non-hydrogen) atoms. The van der Waals surface area contributed by atoms with Crippen LogP contribution in [0.1, 0.15) is 5.56 Å². The first-order valence-electron chi connectivity index (χ1n) is 6.16. The molecule has 0 atom stereocenters. The van der Waals surface area contributed by atoms with Gasteiger partial charge in [0.1, 0.15) is 5.75 Å². The smallest absolute Gasteiger partial charge is 0.262 e. The number of para-hydroxylation sites is 1. The van der Waals surface area contributed by atoms with Crippen LogP contribution < -0.4 is 10.1 Å². The molecule has 110 valence electrons. The lowest BCUT2D eigenvalue weighted by Gasteiger charge is -2.12. The second-order valence-corrected chi connectivity index (χ2v) is 5.07. The van der Waals surface area contributed by atoms with Crippen molar-refractivity contribution in [3.8, 4) is 5.75 Å². The summed E-state index contributed by atoms with van der Waals surface area (Å²) in [6.45, 7) is -0.423. The number of aliphatic hydroxyl groups is 1. The van der Waals surface area contributed by atoms with E-state index in [2.05, 4.69) is 5.32 Å². The van der Waals surface area contributed by atoms with Crippen molar-refractivity contribution in [2.75, 3.05) is 11.9 Å². The topological polar surface area (TPSA) is 58.6 Å². The number of hydrogen-bond acceptors (Lipinski definition) is 3. The predicted molar refractivity (Wildman–Crippen MR) is 83.0 cm³/mol. The molecule has 0 spiro atoms. The van der Waals surface area contributed by atoms with Crippen molar-refractivity contribution in [2.24, 2.45) is 0 Å². The minimum absolute atomic E-state index is 0.209. The summed E-state index contributed by atoms with van der Waals surface area (Å²) in [5.74, 6) is -0.0194.